The number of carbonyl (C=O) groups is 1. The van der Waals surface area contributed by atoms with Gasteiger partial charge in [-0.1, -0.05) is 0 Å². The van der Waals surface area contributed by atoms with Crippen molar-refractivity contribution in [2.75, 3.05) is 29.8 Å². The van der Waals surface area contributed by atoms with Crippen molar-refractivity contribution >= 4 is 38.1 Å². The second-order valence-corrected chi connectivity index (χ2v) is 9.31. The molecule has 0 unspecified atom stereocenters. The number of sulfonamides is 1. The number of anilines is 2. The average Bonchev–Trinajstić information content (AvgIpc) is 3.46. The lowest BCUT2D eigenvalue weighted by molar-refractivity contribution is 0.0696. The van der Waals surface area contributed by atoms with Gasteiger partial charge in [-0.25, -0.2) is 14.9 Å². The number of aromatic amines is 1. The third kappa shape index (κ3) is 4.44. The minimum atomic E-state index is -3.98. The SMILES string of the molecule is COc1cc(C(=O)O)ccc1NS(=O)(=O)c1csc(N2CCC(c3nnn[nH]3)CC2)n1. The molecule has 0 saturated carbocycles. The van der Waals surface area contributed by atoms with Gasteiger partial charge in [-0.3, -0.25) is 4.72 Å². The summed E-state index contributed by atoms with van der Waals surface area (Å²) in [4.78, 5) is 17.4. The smallest absolute Gasteiger partial charge is 0.335 e. The van der Waals surface area contributed by atoms with Crippen LogP contribution in [0.4, 0.5) is 10.8 Å². The average molecular weight is 466 g/mol. The molecule has 1 saturated heterocycles. The van der Waals surface area contributed by atoms with Gasteiger partial charge in [0.25, 0.3) is 10.0 Å². The predicted molar refractivity (Wildman–Crippen MR) is 111 cm³/mol. The number of nitrogens with one attached hydrogen (secondary N) is 2. The number of thiazole rings is 1. The first-order chi connectivity index (χ1) is 14.9. The van der Waals surface area contributed by atoms with Gasteiger partial charge in [0.1, 0.15) is 5.75 Å². The second-order valence-electron chi connectivity index (χ2n) is 6.84. The first-order valence-electron chi connectivity index (χ1n) is 9.25. The van der Waals surface area contributed by atoms with Crippen LogP contribution in [0.3, 0.4) is 0 Å². The monoisotopic (exact) mass is 465 g/mol. The van der Waals surface area contributed by atoms with Crippen LogP contribution in [-0.4, -0.2) is 65.3 Å². The van der Waals surface area contributed by atoms with Gasteiger partial charge < -0.3 is 14.7 Å². The van der Waals surface area contributed by atoms with Crippen LogP contribution in [0.1, 0.15) is 34.9 Å². The van der Waals surface area contributed by atoms with Crippen molar-refractivity contribution in [3.05, 3.63) is 35.0 Å². The molecular formula is C17H19N7O5S2. The number of ether oxygens (including phenoxy) is 1. The summed E-state index contributed by atoms with van der Waals surface area (Å²) in [7, 11) is -2.65. The quantitative estimate of drug-likeness (QED) is 0.466. The van der Waals surface area contributed by atoms with E-state index in [1.54, 1.807) is 0 Å². The molecule has 0 radical (unpaired) electrons. The zero-order chi connectivity index (χ0) is 22.0. The Morgan fingerprint density at radius 1 is 1.35 bits per heavy atom. The van der Waals surface area contributed by atoms with Crippen LogP contribution < -0.4 is 14.4 Å². The Morgan fingerprint density at radius 3 is 2.77 bits per heavy atom. The molecule has 0 aliphatic carbocycles. The highest BCUT2D eigenvalue weighted by molar-refractivity contribution is 7.92. The van der Waals surface area contributed by atoms with Gasteiger partial charge in [-0.15, -0.1) is 16.4 Å². The number of nitrogens with zero attached hydrogens (tertiary/aromatic N) is 5. The second kappa shape index (κ2) is 8.47. The Hall–Kier alpha value is -3.26. The third-order valence-electron chi connectivity index (χ3n) is 4.95. The zero-order valence-corrected chi connectivity index (χ0v) is 18.0. The highest BCUT2D eigenvalue weighted by atomic mass is 32.2. The van der Waals surface area contributed by atoms with Crippen molar-refractivity contribution < 1.29 is 23.1 Å². The number of methoxy groups -OCH3 is 1. The van der Waals surface area contributed by atoms with Crippen molar-refractivity contribution in [1.29, 1.82) is 0 Å². The minimum Gasteiger partial charge on any atom is -0.495 e. The van der Waals surface area contributed by atoms with E-state index < -0.39 is 16.0 Å². The normalized spacial score (nSPS) is 15.1. The van der Waals surface area contributed by atoms with Crippen molar-refractivity contribution in [2.24, 2.45) is 0 Å². The molecule has 0 atom stereocenters. The Bertz CT molecular complexity index is 1170. The Labute approximate surface area is 181 Å². The molecule has 0 amide bonds. The van der Waals surface area contributed by atoms with E-state index in [9.17, 15) is 13.2 Å². The first-order valence-corrected chi connectivity index (χ1v) is 11.6. The van der Waals surface area contributed by atoms with Gasteiger partial charge in [0.15, 0.2) is 16.0 Å². The predicted octanol–water partition coefficient (Wildman–Crippen LogP) is 1.55. The van der Waals surface area contributed by atoms with Gasteiger partial charge in [0.2, 0.25) is 0 Å². The maximum absolute atomic E-state index is 12.8. The van der Waals surface area contributed by atoms with E-state index in [2.05, 4.69) is 30.3 Å². The third-order valence-corrected chi connectivity index (χ3v) is 7.25. The largest absolute Gasteiger partial charge is 0.495 e. The number of hydrogen-bond acceptors (Lipinski definition) is 10. The molecule has 0 spiro atoms. The molecular weight excluding hydrogens is 446 g/mol. The molecule has 3 aromatic rings. The van der Waals surface area contributed by atoms with Crippen molar-refractivity contribution in [2.45, 2.75) is 23.8 Å². The van der Waals surface area contributed by atoms with Gasteiger partial charge >= 0.3 is 5.97 Å². The lowest BCUT2D eigenvalue weighted by Gasteiger charge is -2.30. The molecule has 0 bridgehead atoms. The molecule has 3 N–H and O–H groups in total. The van der Waals surface area contributed by atoms with Crippen molar-refractivity contribution in [3.8, 4) is 5.75 Å². The highest BCUT2D eigenvalue weighted by Crippen LogP contribution is 2.32. The molecule has 1 aliphatic rings. The van der Waals surface area contributed by atoms with Gasteiger partial charge in [0, 0.05) is 24.4 Å². The number of carboxylic acid groups (broad SMARTS) is 1. The van der Waals surface area contributed by atoms with Gasteiger partial charge in [-0.05, 0) is 41.5 Å². The maximum atomic E-state index is 12.8. The fourth-order valence-corrected chi connectivity index (χ4v) is 5.53. The van der Waals surface area contributed by atoms with E-state index in [4.69, 9.17) is 9.84 Å². The maximum Gasteiger partial charge on any atom is 0.335 e. The van der Waals surface area contributed by atoms with E-state index in [0.717, 1.165) is 18.7 Å². The molecule has 164 valence electrons. The van der Waals surface area contributed by atoms with E-state index in [1.807, 2.05) is 4.90 Å². The lowest BCUT2D eigenvalue weighted by Crippen LogP contribution is -2.33. The van der Waals surface area contributed by atoms with Crippen LogP contribution in [0.15, 0.2) is 28.6 Å². The standard InChI is InChI=1S/C17H19N7O5S2/c1-29-13-8-11(16(25)26)2-3-12(13)21-31(27,28)14-9-30-17(18-14)24-6-4-10(5-7-24)15-19-22-23-20-15/h2-3,8-10,21H,4-7H2,1H3,(H,25,26)(H,19,20,22,23). The fraction of sp³-hybridized carbons (Fsp3) is 0.353. The summed E-state index contributed by atoms with van der Waals surface area (Å²) >= 11 is 1.25. The Balaban J connectivity index is 1.46. The number of piperidine rings is 1. The number of aromatic carboxylic acids is 1. The van der Waals surface area contributed by atoms with Crippen LogP contribution >= 0.6 is 11.3 Å². The topological polar surface area (TPSA) is 163 Å². The van der Waals surface area contributed by atoms with E-state index in [1.165, 1.54) is 42.0 Å². The molecule has 1 aromatic carbocycles. The van der Waals surface area contributed by atoms with Crippen LogP contribution in [0.2, 0.25) is 0 Å². The molecule has 2 aromatic heterocycles. The minimum absolute atomic E-state index is 0.0137. The summed E-state index contributed by atoms with van der Waals surface area (Å²) in [5.74, 6) is -0.0467. The molecule has 1 fully saturated rings. The van der Waals surface area contributed by atoms with E-state index >= 15 is 0 Å². The number of aromatic nitrogens is 5. The van der Waals surface area contributed by atoms with Crippen LogP contribution in [0, 0.1) is 0 Å². The number of carboxylic acids is 1. The number of H-pyrrole nitrogens is 1. The number of tetrazole rings is 1. The molecule has 1 aliphatic heterocycles. The van der Waals surface area contributed by atoms with Crippen molar-refractivity contribution in [3.63, 3.8) is 0 Å². The van der Waals surface area contributed by atoms with Gasteiger partial charge in [0.05, 0.1) is 18.4 Å². The highest BCUT2D eigenvalue weighted by Gasteiger charge is 2.27. The van der Waals surface area contributed by atoms with E-state index in [-0.39, 0.29) is 27.9 Å². The molecule has 3 heterocycles. The van der Waals surface area contributed by atoms with Crippen molar-refractivity contribution in [1.82, 2.24) is 25.6 Å². The Morgan fingerprint density at radius 2 is 2.13 bits per heavy atom. The fourth-order valence-electron chi connectivity index (χ4n) is 3.31. The van der Waals surface area contributed by atoms with Crippen LogP contribution in [0.5, 0.6) is 5.75 Å². The Kier molecular flexibility index (Phi) is 5.73. The summed E-state index contributed by atoms with van der Waals surface area (Å²) in [6.45, 7) is 1.41. The van der Waals surface area contributed by atoms with Crippen LogP contribution in [0.25, 0.3) is 0 Å². The van der Waals surface area contributed by atoms with Crippen LogP contribution in [-0.2, 0) is 10.0 Å². The summed E-state index contributed by atoms with van der Waals surface area (Å²) in [5.41, 5.74) is 0.115. The summed E-state index contributed by atoms with van der Waals surface area (Å²) in [5, 5.41) is 25.0. The number of rotatable bonds is 7. The first kappa shape index (κ1) is 21.0. The van der Waals surface area contributed by atoms with E-state index in [0.29, 0.717) is 18.2 Å². The molecule has 12 nitrogen and oxygen atoms in total. The molecule has 14 heteroatoms. The summed E-state index contributed by atoms with van der Waals surface area (Å²) in [6.07, 6.45) is 1.65. The lowest BCUT2D eigenvalue weighted by atomic mass is 9.97. The molecule has 4 rings (SSSR count). The summed E-state index contributed by atoms with van der Waals surface area (Å²) < 4.78 is 33.2. The number of hydrogen-bond donors (Lipinski definition) is 3. The summed E-state index contributed by atoms with van der Waals surface area (Å²) in [6, 6.07) is 3.89. The molecule has 31 heavy (non-hydrogen) atoms. The zero-order valence-electron chi connectivity index (χ0n) is 16.3. The van der Waals surface area contributed by atoms with Gasteiger partial charge in [-0.2, -0.15) is 8.42 Å². The number of benzene rings is 1.